The predicted octanol–water partition coefficient (Wildman–Crippen LogP) is 2.48. The van der Waals surface area contributed by atoms with Crippen LogP contribution in [0.15, 0.2) is 18.5 Å². The minimum Gasteiger partial charge on any atom is -0.352 e. The molecule has 1 aromatic rings. The first kappa shape index (κ1) is 12.3. The number of hydrogen-bond acceptors (Lipinski definition) is 2. The third-order valence-corrected chi connectivity index (χ3v) is 2.36. The predicted molar refractivity (Wildman–Crippen MR) is 61.5 cm³/mol. The second kappa shape index (κ2) is 5.93. The van der Waals surface area contributed by atoms with Gasteiger partial charge in [0.2, 0.25) is 0 Å². The summed E-state index contributed by atoms with van der Waals surface area (Å²) in [5.41, 5.74) is 0.439. The van der Waals surface area contributed by atoms with Crippen molar-refractivity contribution in [1.82, 2.24) is 10.3 Å². The Kier molecular flexibility index (Phi) is 4.85. The fourth-order valence-electron chi connectivity index (χ4n) is 1.04. The number of alkyl halides is 1. The van der Waals surface area contributed by atoms with Gasteiger partial charge in [0, 0.05) is 24.3 Å². The molecule has 1 aromatic heterocycles. The number of aromatic nitrogens is 1. The summed E-state index contributed by atoms with van der Waals surface area (Å²) in [5.74, 6) is -0.195. The van der Waals surface area contributed by atoms with Gasteiger partial charge in [-0.1, -0.05) is 11.6 Å². The number of carbonyl (C=O) groups excluding carboxylic acids is 1. The standard InChI is InChI=1S/C10H12Cl2N2O/c1-7(11)2-5-14-10(15)8-3-4-13-6-9(8)12/h3-4,6-7H,2,5H2,1H3,(H,14,15). The first-order valence-corrected chi connectivity index (χ1v) is 5.44. The van der Waals surface area contributed by atoms with E-state index in [2.05, 4.69) is 10.3 Å². The summed E-state index contributed by atoms with van der Waals surface area (Å²) < 4.78 is 0. The molecule has 0 fully saturated rings. The summed E-state index contributed by atoms with van der Waals surface area (Å²) in [6.07, 6.45) is 3.71. The van der Waals surface area contributed by atoms with Gasteiger partial charge in [0.25, 0.3) is 5.91 Å². The lowest BCUT2D eigenvalue weighted by Crippen LogP contribution is -2.26. The normalized spacial score (nSPS) is 12.2. The van der Waals surface area contributed by atoms with Crippen molar-refractivity contribution in [3.8, 4) is 0 Å². The van der Waals surface area contributed by atoms with E-state index in [9.17, 15) is 4.79 Å². The molecule has 15 heavy (non-hydrogen) atoms. The molecule has 1 rings (SSSR count). The van der Waals surface area contributed by atoms with Crippen molar-refractivity contribution in [3.63, 3.8) is 0 Å². The van der Waals surface area contributed by atoms with Crippen molar-refractivity contribution < 1.29 is 4.79 Å². The van der Waals surface area contributed by atoms with E-state index < -0.39 is 0 Å². The van der Waals surface area contributed by atoms with Gasteiger partial charge in [-0.05, 0) is 19.4 Å². The van der Waals surface area contributed by atoms with Gasteiger partial charge in [0.1, 0.15) is 0 Å². The van der Waals surface area contributed by atoms with Crippen LogP contribution >= 0.6 is 23.2 Å². The molecule has 1 atom stereocenters. The van der Waals surface area contributed by atoms with Crippen LogP contribution in [0.2, 0.25) is 5.02 Å². The highest BCUT2D eigenvalue weighted by atomic mass is 35.5. The lowest BCUT2D eigenvalue weighted by molar-refractivity contribution is 0.0953. The van der Waals surface area contributed by atoms with Gasteiger partial charge in [-0.25, -0.2) is 0 Å². The van der Waals surface area contributed by atoms with E-state index in [4.69, 9.17) is 23.2 Å². The molecule has 0 aliphatic heterocycles. The van der Waals surface area contributed by atoms with Crippen molar-refractivity contribution in [1.29, 1.82) is 0 Å². The number of nitrogens with zero attached hydrogens (tertiary/aromatic N) is 1. The van der Waals surface area contributed by atoms with Gasteiger partial charge in [-0.3, -0.25) is 9.78 Å². The van der Waals surface area contributed by atoms with E-state index in [0.29, 0.717) is 17.1 Å². The maximum absolute atomic E-state index is 11.6. The number of hydrogen-bond donors (Lipinski definition) is 1. The van der Waals surface area contributed by atoms with E-state index >= 15 is 0 Å². The molecule has 0 aromatic carbocycles. The number of rotatable bonds is 4. The molecule has 1 amide bonds. The minimum atomic E-state index is -0.195. The fraction of sp³-hybridized carbons (Fsp3) is 0.400. The molecule has 0 aliphatic carbocycles. The number of halogens is 2. The van der Waals surface area contributed by atoms with E-state index in [1.165, 1.54) is 12.4 Å². The Labute approximate surface area is 98.8 Å². The van der Waals surface area contributed by atoms with Gasteiger partial charge in [-0.2, -0.15) is 0 Å². The summed E-state index contributed by atoms with van der Waals surface area (Å²) in [6, 6.07) is 1.59. The molecular formula is C10H12Cl2N2O. The Balaban J connectivity index is 2.51. The van der Waals surface area contributed by atoms with Crippen molar-refractivity contribution >= 4 is 29.1 Å². The van der Waals surface area contributed by atoms with Crippen LogP contribution in [0, 0.1) is 0 Å². The number of nitrogens with one attached hydrogen (secondary N) is 1. The van der Waals surface area contributed by atoms with E-state index in [-0.39, 0.29) is 11.3 Å². The number of amides is 1. The zero-order valence-electron chi connectivity index (χ0n) is 8.34. The van der Waals surface area contributed by atoms with Crippen LogP contribution in [0.25, 0.3) is 0 Å². The Morgan fingerprint density at radius 1 is 1.67 bits per heavy atom. The monoisotopic (exact) mass is 246 g/mol. The average molecular weight is 247 g/mol. The van der Waals surface area contributed by atoms with Gasteiger partial charge in [-0.15, -0.1) is 11.6 Å². The molecule has 0 saturated carbocycles. The van der Waals surface area contributed by atoms with Crippen LogP contribution in [-0.4, -0.2) is 22.8 Å². The van der Waals surface area contributed by atoms with Gasteiger partial charge in [0.05, 0.1) is 10.6 Å². The van der Waals surface area contributed by atoms with Crippen LogP contribution in [-0.2, 0) is 0 Å². The third-order valence-electron chi connectivity index (χ3n) is 1.84. The van der Waals surface area contributed by atoms with Crippen LogP contribution in [0.3, 0.4) is 0 Å². The molecule has 1 N–H and O–H groups in total. The Hall–Kier alpha value is -0.800. The van der Waals surface area contributed by atoms with Gasteiger partial charge in [0.15, 0.2) is 0 Å². The van der Waals surface area contributed by atoms with E-state index in [0.717, 1.165) is 6.42 Å². The SMILES string of the molecule is CC(Cl)CCNC(=O)c1ccncc1Cl. The molecule has 0 bridgehead atoms. The van der Waals surface area contributed by atoms with Crippen LogP contribution in [0.1, 0.15) is 23.7 Å². The molecule has 82 valence electrons. The smallest absolute Gasteiger partial charge is 0.252 e. The van der Waals surface area contributed by atoms with Crippen molar-refractivity contribution in [3.05, 3.63) is 29.0 Å². The maximum atomic E-state index is 11.6. The lowest BCUT2D eigenvalue weighted by Gasteiger charge is -2.06. The third kappa shape index (κ3) is 4.06. The highest BCUT2D eigenvalue weighted by molar-refractivity contribution is 6.33. The van der Waals surface area contributed by atoms with Crippen molar-refractivity contribution in [2.24, 2.45) is 0 Å². The summed E-state index contributed by atoms with van der Waals surface area (Å²) in [4.78, 5) is 15.4. The molecule has 0 saturated heterocycles. The lowest BCUT2D eigenvalue weighted by atomic mass is 10.2. The second-order valence-corrected chi connectivity index (χ2v) is 4.33. The zero-order valence-corrected chi connectivity index (χ0v) is 9.85. The molecule has 0 aliphatic rings. The maximum Gasteiger partial charge on any atom is 0.252 e. The molecule has 3 nitrogen and oxygen atoms in total. The molecule has 0 radical (unpaired) electrons. The Bertz CT molecular complexity index is 342. The summed E-state index contributed by atoms with van der Waals surface area (Å²) in [5, 5.41) is 3.14. The number of carbonyl (C=O) groups is 1. The first-order valence-electron chi connectivity index (χ1n) is 4.63. The minimum absolute atomic E-state index is 0.0539. The topological polar surface area (TPSA) is 42.0 Å². The second-order valence-electron chi connectivity index (χ2n) is 3.18. The van der Waals surface area contributed by atoms with Crippen LogP contribution in [0.4, 0.5) is 0 Å². The average Bonchev–Trinajstić information content (AvgIpc) is 2.17. The summed E-state index contributed by atoms with van der Waals surface area (Å²) >= 11 is 11.6. The zero-order chi connectivity index (χ0) is 11.3. The largest absolute Gasteiger partial charge is 0.352 e. The quantitative estimate of drug-likeness (QED) is 0.830. The van der Waals surface area contributed by atoms with Crippen LogP contribution < -0.4 is 5.32 Å². The molecule has 1 unspecified atom stereocenters. The van der Waals surface area contributed by atoms with Crippen molar-refractivity contribution in [2.75, 3.05) is 6.54 Å². The Morgan fingerprint density at radius 2 is 2.40 bits per heavy atom. The number of pyridine rings is 1. The van der Waals surface area contributed by atoms with Crippen molar-refractivity contribution in [2.45, 2.75) is 18.7 Å². The Morgan fingerprint density at radius 3 is 3.00 bits per heavy atom. The molecule has 0 spiro atoms. The van der Waals surface area contributed by atoms with E-state index in [1.807, 2.05) is 6.92 Å². The summed E-state index contributed by atoms with van der Waals surface area (Å²) in [7, 11) is 0. The summed E-state index contributed by atoms with van der Waals surface area (Å²) in [6.45, 7) is 2.43. The fourth-order valence-corrected chi connectivity index (χ4v) is 1.35. The molecule has 5 heteroatoms. The van der Waals surface area contributed by atoms with Crippen LogP contribution in [0.5, 0.6) is 0 Å². The van der Waals surface area contributed by atoms with Gasteiger partial charge >= 0.3 is 0 Å². The first-order chi connectivity index (χ1) is 7.11. The highest BCUT2D eigenvalue weighted by Gasteiger charge is 2.09. The van der Waals surface area contributed by atoms with E-state index in [1.54, 1.807) is 6.07 Å². The van der Waals surface area contributed by atoms with Gasteiger partial charge < -0.3 is 5.32 Å². The molecule has 1 heterocycles. The molecular weight excluding hydrogens is 235 g/mol. The highest BCUT2D eigenvalue weighted by Crippen LogP contribution is 2.12.